The Kier molecular flexibility index (Phi) is 3.84. The molecule has 0 bridgehead atoms. The molecule has 5 heteroatoms. The van der Waals surface area contributed by atoms with Crippen molar-refractivity contribution in [2.24, 2.45) is 0 Å². The first-order valence-electron chi connectivity index (χ1n) is 7.36. The highest BCUT2D eigenvalue weighted by Crippen LogP contribution is 2.31. The lowest BCUT2D eigenvalue weighted by molar-refractivity contribution is 0.0492. The average molecular weight is 288 g/mol. The van der Waals surface area contributed by atoms with Gasteiger partial charge in [-0.1, -0.05) is 0 Å². The number of carbonyl (C=O) groups is 1. The van der Waals surface area contributed by atoms with Gasteiger partial charge in [0.25, 0.3) is 0 Å². The lowest BCUT2D eigenvalue weighted by Crippen LogP contribution is -2.43. The lowest BCUT2D eigenvalue weighted by Gasteiger charge is -2.30. The minimum atomic E-state index is -0.406. The number of carbonyl (C=O) groups excluding carboxylic acids is 1. The number of ether oxygens (including phenoxy) is 1. The Balaban J connectivity index is 1.97. The Morgan fingerprint density at radius 1 is 1.38 bits per heavy atom. The molecule has 1 aliphatic heterocycles. The molecule has 5 nitrogen and oxygen atoms in total. The van der Waals surface area contributed by atoms with Crippen LogP contribution in [0, 0.1) is 6.92 Å². The summed E-state index contributed by atoms with van der Waals surface area (Å²) in [6.07, 6.45) is 0. The Bertz CT molecular complexity index is 657. The van der Waals surface area contributed by atoms with E-state index in [9.17, 15) is 4.79 Å². The summed E-state index contributed by atoms with van der Waals surface area (Å²) in [6.45, 7) is 8.19. The number of nitrogens with zero attached hydrogens (tertiary/aromatic N) is 1. The molecule has 1 aromatic heterocycles. The largest absolute Gasteiger partial charge is 0.460 e. The fourth-order valence-electron chi connectivity index (χ4n) is 2.79. The molecule has 0 spiro atoms. The summed E-state index contributed by atoms with van der Waals surface area (Å²) in [6, 6.07) is 5.79. The predicted octanol–water partition coefficient (Wildman–Crippen LogP) is 2.33. The maximum Gasteiger partial charge on any atom is 0.374 e. The summed E-state index contributed by atoms with van der Waals surface area (Å²) in [7, 11) is 0. The van der Waals surface area contributed by atoms with Crippen molar-refractivity contribution in [3.63, 3.8) is 0 Å². The van der Waals surface area contributed by atoms with Crippen molar-refractivity contribution < 1.29 is 13.9 Å². The van der Waals surface area contributed by atoms with E-state index in [1.165, 1.54) is 5.69 Å². The summed E-state index contributed by atoms with van der Waals surface area (Å²) >= 11 is 0. The van der Waals surface area contributed by atoms with Crippen molar-refractivity contribution in [1.29, 1.82) is 0 Å². The van der Waals surface area contributed by atoms with E-state index >= 15 is 0 Å². The number of nitrogens with one attached hydrogen (secondary N) is 1. The minimum absolute atomic E-state index is 0.271. The Morgan fingerprint density at radius 3 is 2.86 bits per heavy atom. The van der Waals surface area contributed by atoms with Gasteiger partial charge in [-0.15, -0.1) is 0 Å². The molecule has 3 rings (SSSR count). The summed E-state index contributed by atoms with van der Waals surface area (Å²) in [4.78, 5) is 14.1. The van der Waals surface area contributed by atoms with Crippen LogP contribution in [0.15, 0.2) is 22.6 Å². The first-order valence-corrected chi connectivity index (χ1v) is 7.36. The Labute approximate surface area is 123 Å². The highest BCUT2D eigenvalue weighted by Gasteiger charge is 2.18. The second kappa shape index (κ2) is 5.77. The normalized spacial score (nSPS) is 15.4. The van der Waals surface area contributed by atoms with Crippen molar-refractivity contribution in [2.45, 2.75) is 13.8 Å². The molecule has 0 saturated carbocycles. The molecule has 0 amide bonds. The molecule has 2 heterocycles. The maximum absolute atomic E-state index is 11.8. The molecule has 0 atom stereocenters. The van der Waals surface area contributed by atoms with Gasteiger partial charge in [-0.2, -0.15) is 0 Å². The number of rotatable bonds is 3. The topological polar surface area (TPSA) is 54.7 Å². The van der Waals surface area contributed by atoms with E-state index in [0.717, 1.165) is 42.7 Å². The summed E-state index contributed by atoms with van der Waals surface area (Å²) < 4.78 is 10.6. The van der Waals surface area contributed by atoms with E-state index in [0.29, 0.717) is 6.61 Å². The number of esters is 1. The molecule has 1 aromatic carbocycles. The van der Waals surface area contributed by atoms with Gasteiger partial charge in [0.1, 0.15) is 5.58 Å². The number of aryl methyl sites for hydroxylation is 1. The van der Waals surface area contributed by atoms with Crippen LogP contribution in [0.5, 0.6) is 0 Å². The van der Waals surface area contributed by atoms with Crippen molar-refractivity contribution in [3.8, 4) is 0 Å². The monoisotopic (exact) mass is 288 g/mol. The summed E-state index contributed by atoms with van der Waals surface area (Å²) in [5.74, 6) is -0.135. The van der Waals surface area contributed by atoms with Crippen molar-refractivity contribution >= 4 is 22.6 Å². The highest BCUT2D eigenvalue weighted by molar-refractivity contribution is 5.95. The zero-order chi connectivity index (χ0) is 14.8. The number of hydrogen-bond acceptors (Lipinski definition) is 5. The molecule has 1 fully saturated rings. The molecule has 1 aliphatic rings. The van der Waals surface area contributed by atoms with Crippen molar-refractivity contribution in [3.05, 3.63) is 29.5 Å². The van der Waals surface area contributed by atoms with Gasteiger partial charge in [0.2, 0.25) is 5.76 Å². The van der Waals surface area contributed by atoms with Crippen LogP contribution < -0.4 is 10.2 Å². The molecule has 1 saturated heterocycles. The molecular formula is C16H20N2O3. The SMILES string of the molecule is CCOC(=O)c1cc2c(C)c(N3CCNCC3)ccc2o1. The highest BCUT2D eigenvalue weighted by atomic mass is 16.5. The van der Waals surface area contributed by atoms with Gasteiger partial charge in [-0.25, -0.2) is 4.79 Å². The number of benzene rings is 1. The number of furan rings is 1. The molecule has 2 aromatic rings. The number of piperazine rings is 1. The quantitative estimate of drug-likeness (QED) is 0.879. The van der Waals surface area contributed by atoms with Gasteiger partial charge in [-0.3, -0.25) is 0 Å². The van der Waals surface area contributed by atoms with Crippen LogP contribution in [0.1, 0.15) is 23.0 Å². The maximum atomic E-state index is 11.8. The first-order chi connectivity index (χ1) is 10.2. The summed E-state index contributed by atoms with van der Waals surface area (Å²) in [5, 5.41) is 4.33. The second-order valence-corrected chi connectivity index (χ2v) is 5.19. The molecule has 0 aliphatic carbocycles. The zero-order valence-corrected chi connectivity index (χ0v) is 12.4. The van der Waals surface area contributed by atoms with E-state index in [1.54, 1.807) is 13.0 Å². The van der Waals surface area contributed by atoms with Gasteiger partial charge < -0.3 is 19.4 Å². The van der Waals surface area contributed by atoms with Gasteiger partial charge in [-0.05, 0) is 37.6 Å². The van der Waals surface area contributed by atoms with Gasteiger partial charge >= 0.3 is 5.97 Å². The van der Waals surface area contributed by atoms with Crippen LogP contribution >= 0.6 is 0 Å². The number of fused-ring (bicyclic) bond motifs is 1. The Hall–Kier alpha value is -2.01. The molecule has 0 unspecified atom stereocenters. The third-order valence-electron chi connectivity index (χ3n) is 3.88. The fourth-order valence-corrected chi connectivity index (χ4v) is 2.79. The van der Waals surface area contributed by atoms with Gasteiger partial charge in [0, 0.05) is 37.3 Å². The molecule has 1 N–H and O–H groups in total. The van der Waals surface area contributed by atoms with E-state index in [2.05, 4.69) is 23.2 Å². The fraction of sp³-hybridized carbons (Fsp3) is 0.438. The van der Waals surface area contributed by atoms with Crippen LogP contribution in [0.4, 0.5) is 5.69 Å². The third-order valence-corrected chi connectivity index (χ3v) is 3.88. The number of anilines is 1. The first kappa shape index (κ1) is 13.9. The zero-order valence-electron chi connectivity index (χ0n) is 12.4. The molecule has 0 radical (unpaired) electrons. The third kappa shape index (κ3) is 2.61. The smallest absolute Gasteiger partial charge is 0.374 e. The van der Waals surface area contributed by atoms with Crippen LogP contribution in [0.2, 0.25) is 0 Å². The second-order valence-electron chi connectivity index (χ2n) is 5.19. The van der Waals surface area contributed by atoms with Crippen molar-refractivity contribution in [1.82, 2.24) is 5.32 Å². The van der Waals surface area contributed by atoms with Gasteiger partial charge in [0.15, 0.2) is 0 Å². The van der Waals surface area contributed by atoms with Crippen LogP contribution in [-0.2, 0) is 4.74 Å². The molecule has 21 heavy (non-hydrogen) atoms. The molecular weight excluding hydrogens is 268 g/mol. The molecule has 112 valence electrons. The van der Waals surface area contributed by atoms with Crippen LogP contribution in [0.25, 0.3) is 11.0 Å². The Morgan fingerprint density at radius 2 is 2.14 bits per heavy atom. The van der Waals surface area contributed by atoms with E-state index in [-0.39, 0.29) is 5.76 Å². The van der Waals surface area contributed by atoms with E-state index in [4.69, 9.17) is 9.15 Å². The van der Waals surface area contributed by atoms with E-state index < -0.39 is 5.97 Å². The van der Waals surface area contributed by atoms with Gasteiger partial charge in [0.05, 0.1) is 6.61 Å². The van der Waals surface area contributed by atoms with Crippen molar-refractivity contribution in [2.75, 3.05) is 37.7 Å². The number of hydrogen-bond donors (Lipinski definition) is 1. The predicted molar refractivity (Wildman–Crippen MR) is 82.0 cm³/mol. The average Bonchev–Trinajstić information content (AvgIpc) is 2.94. The lowest BCUT2D eigenvalue weighted by atomic mass is 10.1. The minimum Gasteiger partial charge on any atom is -0.460 e. The van der Waals surface area contributed by atoms with Crippen LogP contribution in [-0.4, -0.2) is 38.8 Å². The standard InChI is InChI=1S/C16H20N2O3/c1-3-20-16(19)15-10-12-11(2)13(4-5-14(12)21-15)18-8-6-17-7-9-18/h4-5,10,17H,3,6-9H2,1-2H3. The van der Waals surface area contributed by atoms with E-state index in [1.807, 2.05) is 6.07 Å². The van der Waals surface area contributed by atoms with Crippen LogP contribution in [0.3, 0.4) is 0 Å². The summed E-state index contributed by atoms with van der Waals surface area (Å²) in [5.41, 5.74) is 3.09.